The van der Waals surface area contributed by atoms with Crippen LogP contribution in [-0.4, -0.2) is 62.3 Å². The van der Waals surface area contributed by atoms with Gasteiger partial charge in [0, 0.05) is 64.3 Å². The summed E-state index contributed by atoms with van der Waals surface area (Å²) in [5.74, 6) is 2.56. The third-order valence-electron chi connectivity index (χ3n) is 5.44. The van der Waals surface area contributed by atoms with Gasteiger partial charge in [-0.3, -0.25) is 0 Å². The monoisotopic (exact) mass is 473 g/mol. The number of hydrogen-bond acceptors (Lipinski definition) is 8. The second kappa shape index (κ2) is 9.62. The zero-order chi connectivity index (χ0) is 24.3. The summed E-state index contributed by atoms with van der Waals surface area (Å²) in [7, 11) is 5.03. The Bertz CT molecular complexity index is 1120. The van der Waals surface area contributed by atoms with Crippen molar-refractivity contribution in [2.24, 2.45) is 0 Å². The van der Waals surface area contributed by atoms with Crippen LogP contribution < -0.4 is 24.8 Å². The maximum absolute atomic E-state index is 13.3. The molecule has 3 heterocycles. The average molecular weight is 474 g/mol. The Balaban J connectivity index is 1.58. The molecule has 1 fully saturated rings. The quantitative estimate of drug-likeness (QED) is 0.576. The van der Waals surface area contributed by atoms with Crippen molar-refractivity contribution in [3.63, 3.8) is 0 Å². The summed E-state index contributed by atoms with van der Waals surface area (Å²) in [6.07, 6.45) is -2.73. The predicted molar refractivity (Wildman–Crippen MR) is 126 cm³/mol. The molecule has 34 heavy (non-hydrogen) atoms. The fraction of sp³-hybridized carbons (Fsp3) is 0.348. The number of rotatable bonds is 6. The van der Waals surface area contributed by atoms with E-state index in [1.807, 2.05) is 37.2 Å². The maximum Gasteiger partial charge on any atom is 0.416 e. The van der Waals surface area contributed by atoms with Gasteiger partial charge < -0.3 is 24.8 Å². The number of hydrogen-bond donors (Lipinski definition) is 1. The van der Waals surface area contributed by atoms with Crippen LogP contribution in [0.3, 0.4) is 0 Å². The van der Waals surface area contributed by atoms with E-state index in [1.165, 1.54) is 13.2 Å². The van der Waals surface area contributed by atoms with Crippen molar-refractivity contribution in [1.29, 1.82) is 0 Å². The Labute approximate surface area is 196 Å². The molecule has 0 unspecified atom stereocenters. The second-order valence-corrected chi connectivity index (χ2v) is 8.04. The summed E-state index contributed by atoms with van der Waals surface area (Å²) in [5.41, 5.74) is -0.580. The van der Waals surface area contributed by atoms with Crippen molar-refractivity contribution in [2.45, 2.75) is 6.18 Å². The lowest BCUT2D eigenvalue weighted by atomic mass is 10.1. The molecule has 1 aliphatic rings. The van der Waals surface area contributed by atoms with Crippen molar-refractivity contribution in [3.05, 3.63) is 54.2 Å². The van der Waals surface area contributed by atoms with Gasteiger partial charge in [0.1, 0.15) is 23.2 Å². The number of anilines is 5. The van der Waals surface area contributed by atoms with Gasteiger partial charge in [-0.25, -0.2) is 4.98 Å². The van der Waals surface area contributed by atoms with Gasteiger partial charge in [0.15, 0.2) is 0 Å². The zero-order valence-electron chi connectivity index (χ0n) is 19.2. The Morgan fingerprint density at radius 3 is 2.32 bits per heavy atom. The van der Waals surface area contributed by atoms with Gasteiger partial charge in [0.25, 0.3) is 0 Å². The molecule has 0 radical (unpaired) electrons. The number of piperazine rings is 1. The number of nitrogens with zero attached hydrogens (tertiary/aromatic N) is 6. The minimum absolute atomic E-state index is 0.102. The smallest absolute Gasteiger partial charge is 0.416 e. The molecule has 11 heteroatoms. The van der Waals surface area contributed by atoms with Crippen molar-refractivity contribution < 1.29 is 17.9 Å². The number of methoxy groups -OCH3 is 1. The van der Waals surface area contributed by atoms with E-state index in [0.29, 0.717) is 30.7 Å². The highest BCUT2D eigenvalue weighted by atomic mass is 19.4. The molecule has 1 N–H and O–H groups in total. The third-order valence-corrected chi connectivity index (χ3v) is 5.44. The number of nitrogens with one attached hydrogen (secondary N) is 1. The molecule has 0 aliphatic carbocycles. The lowest BCUT2D eigenvalue weighted by molar-refractivity contribution is -0.137. The number of benzene rings is 1. The summed E-state index contributed by atoms with van der Waals surface area (Å²) in [6, 6.07) is 11.0. The van der Waals surface area contributed by atoms with Crippen LogP contribution in [0.4, 0.5) is 42.3 Å². The fourth-order valence-corrected chi connectivity index (χ4v) is 3.63. The minimum atomic E-state index is -4.50. The van der Waals surface area contributed by atoms with Gasteiger partial charge >= 0.3 is 6.18 Å². The molecule has 0 bridgehead atoms. The van der Waals surface area contributed by atoms with Crippen molar-refractivity contribution in [1.82, 2.24) is 15.0 Å². The number of halogens is 3. The molecule has 8 nitrogen and oxygen atoms in total. The maximum atomic E-state index is 13.3. The van der Waals surface area contributed by atoms with Crippen LogP contribution in [0.5, 0.6) is 5.75 Å². The SMILES string of the molecule is COc1cc(Nc2cc(N(C)C)nc(N3CCN(c4ccccn4)CC3)n2)cc(C(F)(F)F)c1. The van der Waals surface area contributed by atoms with Crippen molar-refractivity contribution in [2.75, 3.05) is 67.4 Å². The molecule has 0 saturated carbocycles. The van der Waals surface area contributed by atoms with E-state index in [2.05, 4.69) is 30.1 Å². The molecule has 3 aromatic rings. The van der Waals surface area contributed by atoms with Crippen LogP contribution in [0.2, 0.25) is 0 Å². The van der Waals surface area contributed by atoms with Gasteiger partial charge in [-0.1, -0.05) is 6.07 Å². The largest absolute Gasteiger partial charge is 0.497 e. The van der Waals surface area contributed by atoms with Gasteiger partial charge in [-0.2, -0.15) is 23.1 Å². The van der Waals surface area contributed by atoms with Crippen molar-refractivity contribution >= 4 is 29.1 Å². The van der Waals surface area contributed by atoms with E-state index in [-0.39, 0.29) is 11.4 Å². The van der Waals surface area contributed by atoms with Gasteiger partial charge in [0.2, 0.25) is 5.95 Å². The molecule has 0 spiro atoms. The molecule has 2 aromatic heterocycles. The van der Waals surface area contributed by atoms with Crippen LogP contribution in [0.15, 0.2) is 48.7 Å². The molecular weight excluding hydrogens is 447 g/mol. The summed E-state index contributed by atoms with van der Waals surface area (Å²) in [6.45, 7) is 2.87. The Hall–Kier alpha value is -3.76. The first kappa shape index (κ1) is 23.4. The van der Waals surface area contributed by atoms with Crippen LogP contribution in [0.25, 0.3) is 0 Å². The molecule has 180 valence electrons. The first-order valence-electron chi connectivity index (χ1n) is 10.7. The molecular formula is C23H26F3N7O. The highest BCUT2D eigenvalue weighted by Crippen LogP contribution is 2.35. The second-order valence-electron chi connectivity index (χ2n) is 8.04. The Morgan fingerprint density at radius 2 is 1.71 bits per heavy atom. The lowest BCUT2D eigenvalue weighted by Gasteiger charge is -2.35. The van der Waals surface area contributed by atoms with Crippen LogP contribution in [0.1, 0.15) is 5.56 Å². The van der Waals surface area contributed by atoms with E-state index in [9.17, 15) is 13.2 Å². The third kappa shape index (κ3) is 5.41. The summed E-state index contributed by atoms with van der Waals surface area (Å²) in [5, 5.41) is 3.00. The number of ether oxygens (including phenoxy) is 1. The van der Waals surface area contributed by atoms with Crippen LogP contribution in [-0.2, 0) is 6.18 Å². The van der Waals surface area contributed by atoms with Gasteiger partial charge in [-0.05, 0) is 24.3 Å². The molecule has 0 amide bonds. The van der Waals surface area contributed by atoms with E-state index in [4.69, 9.17) is 4.74 Å². The highest BCUT2D eigenvalue weighted by Gasteiger charge is 2.31. The predicted octanol–water partition coefficient (Wildman–Crippen LogP) is 4.04. The summed E-state index contributed by atoms with van der Waals surface area (Å²) >= 11 is 0. The summed E-state index contributed by atoms with van der Waals surface area (Å²) in [4.78, 5) is 19.7. The zero-order valence-corrected chi connectivity index (χ0v) is 19.2. The molecule has 4 rings (SSSR count). The number of pyridine rings is 1. The van der Waals surface area contributed by atoms with E-state index in [0.717, 1.165) is 31.0 Å². The molecule has 1 aliphatic heterocycles. The first-order chi connectivity index (χ1) is 16.2. The highest BCUT2D eigenvalue weighted by molar-refractivity contribution is 5.64. The van der Waals surface area contributed by atoms with E-state index < -0.39 is 11.7 Å². The molecule has 1 saturated heterocycles. The van der Waals surface area contributed by atoms with Crippen LogP contribution in [0, 0.1) is 0 Å². The lowest BCUT2D eigenvalue weighted by Crippen LogP contribution is -2.47. The molecule has 1 aromatic carbocycles. The average Bonchev–Trinajstić information content (AvgIpc) is 2.83. The minimum Gasteiger partial charge on any atom is -0.497 e. The van der Waals surface area contributed by atoms with E-state index >= 15 is 0 Å². The summed E-state index contributed by atoms with van der Waals surface area (Å²) < 4.78 is 45.0. The van der Waals surface area contributed by atoms with Crippen molar-refractivity contribution in [3.8, 4) is 5.75 Å². The normalized spacial score (nSPS) is 14.2. The Kier molecular flexibility index (Phi) is 6.62. The van der Waals surface area contributed by atoms with E-state index in [1.54, 1.807) is 12.3 Å². The van der Waals surface area contributed by atoms with Gasteiger partial charge in [0.05, 0.1) is 12.7 Å². The van der Waals surface area contributed by atoms with Crippen LogP contribution >= 0.6 is 0 Å². The standard InChI is InChI=1S/C23H26F3N7O/c1-31(2)21-15-19(28-17-12-16(23(24,25)26)13-18(14-17)34-3)29-22(30-21)33-10-8-32(9-11-33)20-6-4-5-7-27-20/h4-7,12-15H,8-11H2,1-3H3,(H,28,29,30). The fourth-order valence-electron chi connectivity index (χ4n) is 3.63. The number of aromatic nitrogens is 3. The first-order valence-corrected chi connectivity index (χ1v) is 10.7. The van der Waals surface area contributed by atoms with Gasteiger partial charge in [-0.15, -0.1) is 0 Å². The topological polar surface area (TPSA) is 69.7 Å². The molecule has 0 atom stereocenters. The number of alkyl halides is 3. The Morgan fingerprint density at radius 1 is 0.971 bits per heavy atom.